The summed E-state index contributed by atoms with van der Waals surface area (Å²) in [6.45, 7) is 0. The van der Waals surface area contributed by atoms with Gasteiger partial charge in [0.15, 0.2) is 0 Å². The van der Waals surface area contributed by atoms with Gasteiger partial charge >= 0.3 is 5.97 Å². The van der Waals surface area contributed by atoms with Gasteiger partial charge in [0.25, 0.3) is 5.91 Å². The van der Waals surface area contributed by atoms with Crippen LogP contribution in [0.3, 0.4) is 0 Å². The summed E-state index contributed by atoms with van der Waals surface area (Å²) in [5.41, 5.74) is 2.55. The van der Waals surface area contributed by atoms with Gasteiger partial charge in [-0.05, 0) is 35.7 Å². The summed E-state index contributed by atoms with van der Waals surface area (Å²) in [7, 11) is 1.43. The van der Waals surface area contributed by atoms with Crippen molar-refractivity contribution in [3.63, 3.8) is 0 Å². The van der Waals surface area contributed by atoms with Gasteiger partial charge in [-0.25, -0.2) is 4.79 Å². The third-order valence-corrected chi connectivity index (χ3v) is 4.21. The summed E-state index contributed by atoms with van der Waals surface area (Å²) < 4.78 is 5.22. The number of methoxy groups -OCH3 is 1. The van der Waals surface area contributed by atoms with Gasteiger partial charge in [0.1, 0.15) is 5.75 Å². The van der Waals surface area contributed by atoms with Crippen LogP contribution in [0.25, 0.3) is 0 Å². The summed E-state index contributed by atoms with van der Waals surface area (Å²) in [6, 6.07) is 21.7. The van der Waals surface area contributed by atoms with Crippen LogP contribution in [0.15, 0.2) is 72.8 Å². The van der Waals surface area contributed by atoms with E-state index in [9.17, 15) is 14.7 Å². The zero-order chi connectivity index (χ0) is 19.2. The van der Waals surface area contributed by atoms with Crippen molar-refractivity contribution < 1.29 is 19.4 Å². The van der Waals surface area contributed by atoms with Crippen molar-refractivity contribution in [2.24, 2.45) is 0 Å². The molecule has 0 unspecified atom stereocenters. The predicted molar refractivity (Wildman–Crippen MR) is 104 cm³/mol. The first-order valence-electron chi connectivity index (χ1n) is 8.43. The Balaban J connectivity index is 1.93. The minimum atomic E-state index is -1.14. The highest BCUT2D eigenvalue weighted by atomic mass is 16.5. The van der Waals surface area contributed by atoms with Gasteiger partial charge in [-0.2, -0.15) is 0 Å². The fraction of sp³-hybridized carbons (Fsp3) is 0.0909. The van der Waals surface area contributed by atoms with E-state index in [-0.39, 0.29) is 17.2 Å². The molecule has 0 heterocycles. The predicted octanol–water partition coefficient (Wildman–Crippen LogP) is 4.24. The minimum absolute atomic E-state index is 0.0248. The molecule has 3 rings (SSSR count). The monoisotopic (exact) mass is 361 g/mol. The molecule has 0 aromatic heterocycles. The Hall–Kier alpha value is -3.60. The molecule has 0 fully saturated rings. The van der Waals surface area contributed by atoms with Crippen molar-refractivity contribution in [2.75, 3.05) is 12.4 Å². The summed E-state index contributed by atoms with van der Waals surface area (Å²) in [4.78, 5) is 24.4. The Bertz CT molecular complexity index is 967. The summed E-state index contributed by atoms with van der Waals surface area (Å²) in [6.07, 6.45) is 0.599. The lowest BCUT2D eigenvalue weighted by Gasteiger charge is -2.14. The van der Waals surface area contributed by atoms with Crippen LogP contribution >= 0.6 is 0 Å². The molecule has 0 saturated heterocycles. The third kappa shape index (κ3) is 4.15. The van der Waals surface area contributed by atoms with Gasteiger partial charge in [0.05, 0.1) is 18.4 Å². The molecule has 3 aromatic rings. The first-order chi connectivity index (χ1) is 13.1. The maximum atomic E-state index is 12.9. The number of anilines is 1. The minimum Gasteiger partial charge on any atom is -0.495 e. The number of carboxylic acids is 1. The number of benzene rings is 3. The molecule has 0 aliphatic carbocycles. The summed E-state index contributed by atoms with van der Waals surface area (Å²) in [5.74, 6) is -1.22. The van der Waals surface area contributed by atoms with Gasteiger partial charge in [-0.15, -0.1) is 0 Å². The maximum absolute atomic E-state index is 12.9. The van der Waals surface area contributed by atoms with E-state index in [1.807, 2.05) is 42.5 Å². The molecule has 0 spiro atoms. The Morgan fingerprint density at radius 1 is 0.889 bits per heavy atom. The quantitative estimate of drug-likeness (QED) is 0.689. The van der Waals surface area contributed by atoms with Gasteiger partial charge in [-0.1, -0.05) is 54.6 Å². The molecule has 0 aliphatic heterocycles. The second kappa shape index (κ2) is 8.19. The number of carbonyl (C=O) groups excluding carboxylic acids is 1. The van der Waals surface area contributed by atoms with Crippen LogP contribution in [0.2, 0.25) is 0 Å². The van der Waals surface area contributed by atoms with Crippen molar-refractivity contribution in [2.45, 2.75) is 6.42 Å². The van der Waals surface area contributed by atoms with E-state index in [4.69, 9.17) is 4.74 Å². The first-order valence-corrected chi connectivity index (χ1v) is 8.43. The average Bonchev–Trinajstić information content (AvgIpc) is 2.69. The number of amides is 1. The normalized spacial score (nSPS) is 10.3. The molecule has 2 N–H and O–H groups in total. The van der Waals surface area contributed by atoms with Crippen LogP contribution in [-0.2, 0) is 6.42 Å². The lowest BCUT2D eigenvalue weighted by atomic mass is 9.99. The highest BCUT2D eigenvalue weighted by Crippen LogP contribution is 2.29. The van der Waals surface area contributed by atoms with Crippen molar-refractivity contribution >= 4 is 17.6 Å². The van der Waals surface area contributed by atoms with E-state index >= 15 is 0 Å². The summed E-state index contributed by atoms with van der Waals surface area (Å²) >= 11 is 0. The van der Waals surface area contributed by atoms with E-state index in [0.717, 1.165) is 11.1 Å². The van der Waals surface area contributed by atoms with Crippen LogP contribution in [-0.4, -0.2) is 24.1 Å². The number of para-hydroxylation sites is 1. The maximum Gasteiger partial charge on any atom is 0.337 e. The van der Waals surface area contributed by atoms with E-state index in [1.165, 1.54) is 13.2 Å². The molecule has 27 heavy (non-hydrogen) atoms. The Kier molecular flexibility index (Phi) is 5.52. The molecular formula is C22H19NO4. The highest BCUT2D eigenvalue weighted by molar-refractivity contribution is 6.09. The number of hydrogen-bond acceptors (Lipinski definition) is 3. The molecule has 0 atom stereocenters. The summed E-state index contributed by atoms with van der Waals surface area (Å²) in [5, 5.41) is 12.1. The fourth-order valence-electron chi connectivity index (χ4n) is 2.90. The topological polar surface area (TPSA) is 75.6 Å². The molecule has 0 saturated carbocycles. The van der Waals surface area contributed by atoms with Crippen LogP contribution in [0.5, 0.6) is 5.75 Å². The van der Waals surface area contributed by atoms with E-state index in [2.05, 4.69) is 5.32 Å². The van der Waals surface area contributed by atoms with Crippen molar-refractivity contribution in [1.82, 2.24) is 0 Å². The molecule has 1 amide bonds. The Morgan fingerprint density at radius 3 is 2.26 bits per heavy atom. The zero-order valence-corrected chi connectivity index (χ0v) is 14.8. The smallest absolute Gasteiger partial charge is 0.337 e. The van der Waals surface area contributed by atoms with Crippen molar-refractivity contribution in [1.29, 1.82) is 0 Å². The molecule has 5 nitrogen and oxygen atoms in total. The number of carboxylic acid groups (broad SMARTS) is 1. The van der Waals surface area contributed by atoms with E-state index in [0.29, 0.717) is 17.7 Å². The van der Waals surface area contributed by atoms with Gasteiger partial charge in [0.2, 0.25) is 0 Å². The zero-order valence-electron chi connectivity index (χ0n) is 14.8. The third-order valence-electron chi connectivity index (χ3n) is 4.21. The Morgan fingerprint density at radius 2 is 1.56 bits per heavy atom. The molecular weight excluding hydrogens is 342 g/mol. The lowest BCUT2D eigenvalue weighted by Crippen LogP contribution is -2.17. The van der Waals surface area contributed by atoms with Crippen molar-refractivity contribution in [3.8, 4) is 5.75 Å². The Labute approximate surface area is 157 Å². The molecule has 0 aliphatic rings. The first kappa shape index (κ1) is 18.2. The number of ether oxygens (including phenoxy) is 1. The fourth-order valence-corrected chi connectivity index (χ4v) is 2.90. The molecule has 0 bridgehead atoms. The van der Waals surface area contributed by atoms with Crippen LogP contribution < -0.4 is 10.1 Å². The van der Waals surface area contributed by atoms with Crippen LogP contribution in [0.4, 0.5) is 5.69 Å². The SMILES string of the molecule is COc1cccc(C(=O)O)c1NC(=O)c1ccccc1Cc1ccccc1. The van der Waals surface area contributed by atoms with Gasteiger partial charge < -0.3 is 15.2 Å². The number of rotatable bonds is 6. The average molecular weight is 361 g/mol. The van der Waals surface area contributed by atoms with Gasteiger partial charge in [-0.3, -0.25) is 4.79 Å². The molecule has 0 radical (unpaired) electrons. The number of hydrogen-bond donors (Lipinski definition) is 2. The van der Waals surface area contributed by atoms with Crippen molar-refractivity contribution in [3.05, 3.63) is 95.1 Å². The molecule has 3 aromatic carbocycles. The molecule has 136 valence electrons. The molecule has 5 heteroatoms. The number of nitrogens with one attached hydrogen (secondary N) is 1. The largest absolute Gasteiger partial charge is 0.495 e. The van der Waals surface area contributed by atoms with Crippen LogP contribution in [0, 0.1) is 0 Å². The highest BCUT2D eigenvalue weighted by Gasteiger charge is 2.19. The lowest BCUT2D eigenvalue weighted by molar-refractivity contribution is 0.0697. The second-order valence-corrected chi connectivity index (χ2v) is 5.96. The number of carbonyl (C=O) groups is 2. The van der Waals surface area contributed by atoms with E-state index in [1.54, 1.807) is 24.3 Å². The standard InChI is InChI=1S/C22H19NO4/c1-27-19-13-7-12-18(22(25)26)20(19)23-21(24)17-11-6-5-10-16(17)14-15-8-3-2-4-9-15/h2-13H,14H2,1H3,(H,23,24)(H,25,26). The van der Waals surface area contributed by atoms with Gasteiger partial charge in [0, 0.05) is 5.56 Å². The van der Waals surface area contributed by atoms with Crippen LogP contribution in [0.1, 0.15) is 31.8 Å². The second-order valence-electron chi connectivity index (χ2n) is 5.96. The van der Waals surface area contributed by atoms with E-state index < -0.39 is 5.97 Å². The number of aromatic carboxylic acids is 1.